The summed E-state index contributed by atoms with van der Waals surface area (Å²) in [4.78, 5) is 25.3. The largest absolute Gasteiger partial charge is 0.489 e. The number of nitrogens with one attached hydrogen (secondary N) is 1. The van der Waals surface area contributed by atoms with E-state index in [0.29, 0.717) is 35.9 Å². The normalized spacial score (nSPS) is 16.8. The van der Waals surface area contributed by atoms with Crippen LogP contribution in [0.1, 0.15) is 40.5 Å². The smallest absolute Gasteiger partial charge is 0.276 e. The molecule has 1 aliphatic rings. The van der Waals surface area contributed by atoms with Crippen LogP contribution in [-0.2, 0) is 0 Å². The number of aromatic hydroxyl groups is 2. The van der Waals surface area contributed by atoms with Crippen molar-refractivity contribution >= 4 is 16.9 Å². The fourth-order valence-electron chi connectivity index (χ4n) is 4.65. The highest BCUT2D eigenvalue weighted by molar-refractivity contribution is 6.05. The van der Waals surface area contributed by atoms with Gasteiger partial charge in [0.05, 0.1) is 16.8 Å². The van der Waals surface area contributed by atoms with Gasteiger partial charge in [0.2, 0.25) is 0 Å². The van der Waals surface area contributed by atoms with Gasteiger partial charge in [0.25, 0.3) is 17.7 Å². The molecule has 38 heavy (non-hydrogen) atoms. The van der Waals surface area contributed by atoms with Gasteiger partial charge in [0.1, 0.15) is 22.9 Å². The maximum absolute atomic E-state index is 14.9. The first-order chi connectivity index (χ1) is 18.4. The van der Waals surface area contributed by atoms with Crippen molar-refractivity contribution in [1.29, 1.82) is 0 Å². The van der Waals surface area contributed by atoms with E-state index in [9.17, 15) is 19.4 Å². The fraction of sp³-hybridized carbons (Fsp3) is 0.185. The molecule has 3 N–H and O–H groups in total. The first kappa shape index (κ1) is 23.5. The van der Waals surface area contributed by atoms with Gasteiger partial charge in [-0.15, -0.1) is 10.2 Å². The van der Waals surface area contributed by atoms with Gasteiger partial charge in [0, 0.05) is 18.2 Å². The number of rotatable bonds is 5. The molecular formula is C27H22FN7O3. The predicted octanol–water partition coefficient (Wildman–Crippen LogP) is 3.81. The summed E-state index contributed by atoms with van der Waals surface area (Å²) in [5, 5.41) is 31.1. The molecule has 1 fully saturated rings. The van der Waals surface area contributed by atoms with Crippen LogP contribution in [-0.4, -0.2) is 51.9 Å². The van der Waals surface area contributed by atoms with Gasteiger partial charge in [-0.05, 0) is 55.7 Å². The van der Waals surface area contributed by atoms with Crippen molar-refractivity contribution in [3.8, 4) is 29.0 Å². The highest BCUT2D eigenvalue weighted by Crippen LogP contribution is 2.39. The van der Waals surface area contributed by atoms with Gasteiger partial charge in [-0.2, -0.15) is 0 Å². The molecule has 3 heterocycles. The molecule has 1 saturated carbocycles. The van der Waals surface area contributed by atoms with Gasteiger partial charge >= 0.3 is 0 Å². The third-order valence-electron chi connectivity index (χ3n) is 6.66. The summed E-state index contributed by atoms with van der Waals surface area (Å²) in [5.74, 6) is -1.07. The average molecular weight is 512 g/mol. The Kier molecular flexibility index (Phi) is 5.67. The van der Waals surface area contributed by atoms with E-state index in [1.807, 2.05) is 19.1 Å². The van der Waals surface area contributed by atoms with Crippen molar-refractivity contribution < 1.29 is 19.4 Å². The van der Waals surface area contributed by atoms with Crippen molar-refractivity contribution in [3.63, 3.8) is 0 Å². The first-order valence-electron chi connectivity index (χ1n) is 12.0. The second-order valence-corrected chi connectivity index (χ2v) is 9.27. The van der Waals surface area contributed by atoms with Gasteiger partial charge in [-0.25, -0.2) is 14.4 Å². The van der Waals surface area contributed by atoms with Crippen LogP contribution in [0.4, 0.5) is 4.39 Å². The number of fused-ring (bicyclic) bond motifs is 1. The summed E-state index contributed by atoms with van der Waals surface area (Å²) in [5.41, 5.74) is 2.60. The number of aromatic nitrogens is 6. The van der Waals surface area contributed by atoms with E-state index in [4.69, 9.17) is 0 Å². The maximum Gasteiger partial charge on any atom is 0.276 e. The SMILES string of the molecule is Cc1ccc(-c2nnc([C@H]3C[C@H](NC(=O)c4cccc5nc(O)c(O)nc45)C3)n2-c2ccccc2F)nc1. The molecular weight excluding hydrogens is 489 g/mol. The van der Waals surface area contributed by atoms with Crippen LogP contribution in [0.25, 0.3) is 28.2 Å². The van der Waals surface area contributed by atoms with Gasteiger partial charge in [-0.1, -0.05) is 24.3 Å². The van der Waals surface area contributed by atoms with Crippen molar-refractivity contribution in [2.24, 2.45) is 0 Å². The molecule has 0 aliphatic heterocycles. The van der Waals surface area contributed by atoms with Gasteiger partial charge in [-0.3, -0.25) is 14.3 Å². The number of para-hydroxylation sites is 2. The highest BCUT2D eigenvalue weighted by atomic mass is 19.1. The molecule has 0 spiro atoms. The molecule has 0 bridgehead atoms. The van der Waals surface area contributed by atoms with E-state index in [1.54, 1.807) is 47.2 Å². The second kappa shape index (κ2) is 9.18. The second-order valence-electron chi connectivity index (χ2n) is 9.27. The number of carbonyl (C=O) groups excluding carboxylic acids is 1. The molecule has 6 rings (SSSR count). The lowest BCUT2D eigenvalue weighted by Gasteiger charge is -2.35. The number of hydrogen-bond donors (Lipinski definition) is 3. The van der Waals surface area contributed by atoms with Gasteiger partial charge in [0.15, 0.2) is 5.82 Å². The molecule has 2 aromatic carbocycles. The van der Waals surface area contributed by atoms with Crippen LogP contribution in [0.3, 0.4) is 0 Å². The number of halogens is 1. The van der Waals surface area contributed by atoms with Crippen LogP contribution in [0.2, 0.25) is 0 Å². The van der Waals surface area contributed by atoms with Crippen LogP contribution in [0, 0.1) is 12.7 Å². The highest BCUT2D eigenvalue weighted by Gasteiger charge is 2.37. The van der Waals surface area contributed by atoms with Crippen LogP contribution in [0.5, 0.6) is 11.8 Å². The van der Waals surface area contributed by atoms with E-state index in [1.165, 1.54) is 6.07 Å². The molecule has 1 amide bonds. The Morgan fingerprint density at radius 1 is 1.00 bits per heavy atom. The summed E-state index contributed by atoms with van der Waals surface area (Å²) in [6, 6.07) is 14.8. The van der Waals surface area contributed by atoms with E-state index in [0.717, 1.165) is 5.56 Å². The number of amides is 1. The summed E-state index contributed by atoms with van der Waals surface area (Å²) >= 11 is 0. The number of nitrogens with zero attached hydrogens (tertiary/aromatic N) is 6. The van der Waals surface area contributed by atoms with Crippen LogP contribution < -0.4 is 5.32 Å². The summed E-state index contributed by atoms with van der Waals surface area (Å²) in [6.07, 6.45) is 2.87. The lowest BCUT2D eigenvalue weighted by molar-refractivity contribution is 0.0908. The lowest BCUT2D eigenvalue weighted by atomic mass is 9.79. The van der Waals surface area contributed by atoms with E-state index < -0.39 is 17.6 Å². The third-order valence-corrected chi connectivity index (χ3v) is 6.66. The van der Waals surface area contributed by atoms with Crippen molar-refractivity contribution in [2.45, 2.75) is 31.7 Å². The van der Waals surface area contributed by atoms with E-state index in [2.05, 4.69) is 30.5 Å². The standard InChI is InChI=1S/C27H22FN7O3/c1-14-9-10-20(29-13-14)24-34-33-23(35(24)21-8-3-2-6-18(21)28)15-11-16(12-15)30-25(36)17-5-4-7-19-22(17)32-27(38)26(37)31-19/h2-10,13,15-16H,11-12H2,1H3,(H,30,36)(H,31,37)(H,32,38)/t15-,16-. The Morgan fingerprint density at radius 2 is 1.79 bits per heavy atom. The van der Waals surface area contributed by atoms with E-state index >= 15 is 0 Å². The topological polar surface area (TPSA) is 139 Å². The molecule has 190 valence electrons. The number of hydrogen-bond acceptors (Lipinski definition) is 8. The quantitative estimate of drug-likeness (QED) is 0.324. The number of pyridine rings is 1. The van der Waals surface area contributed by atoms with Crippen LogP contribution >= 0.6 is 0 Å². The molecule has 0 atom stereocenters. The minimum Gasteiger partial charge on any atom is -0.489 e. The zero-order valence-corrected chi connectivity index (χ0v) is 20.2. The van der Waals surface area contributed by atoms with Crippen molar-refractivity contribution in [2.75, 3.05) is 0 Å². The average Bonchev–Trinajstić information content (AvgIpc) is 3.31. The molecule has 5 aromatic rings. The maximum atomic E-state index is 14.9. The lowest BCUT2D eigenvalue weighted by Crippen LogP contribution is -2.44. The summed E-state index contributed by atoms with van der Waals surface area (Å²) in [7, 11) is 0. The Morgan fingerprint density at radius 3 is 2.55 bits per heavy atom. The predicted molar refractivity (Wildman–Crippen MR) is 135 cm³/mol. The Bertz CT molecular complexity index is 1680. The molecule has 11 heteroatoms. The number of aryl methyl sites for hydroxylation is 1. The number of benzene rings is 2. The zero-order valence-electron chi connectivity index (χ0n) is 20.2. The van der Waals surface area contributed by atoms with E-state index in [-0.39, 0.29) is 34.5 Å². The van der Waals surface area contributed by atoms with Crippen LogP contribution in [0.15, 0.2) is 60.8 Å². The molecule has 3 aromatic heterocycles. The zero-order chi connectivity index (χ0) is 26.4. The van der Waals surface area contributed by atoms with Crippen molar-refractivity contribution in [1.82, 2.24) is 35.0 Å². The Labute approximate surface area is 215 Å². The molecule has 0 radical (unpaired) electrons. The number of carbonyl (C=O) groups is 1. The fourth-order valence-corrected chi connectivity index (χ4v) is 4.65. The third kappa shape index (κ3) is 4.07. The van der Waals surface area contributed by atoms with Crippen molar-refractivity contribution in [3.05, 3.63) is 83.6 Å². The Balaban J connectivity index is 1.26. The summed E-state index contributed by atoms with van der Waals surface area (Å²) < 4.78 is 16.6. The minimum atomic E-state index is -0.646. The molecule has 1 aliphatic carbocycles. The minimum absolute atomic E-state index is 0.0695. The molecule has 0 saturated heterocycles. The monoisotopic (exact) mass is 511 g/mol. The first-order valence-corrected chi connectivity index (χ1v) is 12.0. The summed E-state index contributed by atoms with van der Waals surface area (Å²) in [6.45, 7) is 1.93. The van der Waals surface area contributed by atoms with Gasteiger partial charge < -0.3 is 15.5 Å². The molecule has 10 nitrogen and oxygen atoms in total. The Hall–Kier alpha value is -4.93. The molecule has 0 unspecified atom stereocenters.